The molecular formula is C13H20ClNO3S2. The Kier molecular flexibility index (Phi) is 4.52. The van der Waals surface area contributed by atoms with E-state index in [9.17, 15) is 13.5 Å². The second-order valence-corrected chi connectivity index (χ2v) is 9.98. The lowest BCUT2D eigenvalue weighted by molar-refractivity contribution is -0.0205. The van der Waals surface area contributed by atoms with Crippen LogP contribution < -0.4 is 4.72 Å². The number of hydrogen-bond donors (Lipinski definition) is 2. The van der Waals surface area contributed by atoms with E-state index < -0.39 is 15.6 Å². The van der Waals surface area contributed by atoms with Gasteiger partial charge >= 0.3 is 0 Å². The summed E-state index contributed by atoms with van der Waals surface area (Å²) in [5, 5.41) is 10.5. The fourth-order valence-electron chi connectivity index (χ4n) is 2.31. The van der Waals surface area contributed by atoms with Gasteiger partial charge in [0.1, 0.15) is 4.21 Å². The molecule has 2 N–H and O–H groups in total. The Morgan fingerprint density at radius 2 is 1.90 bits per heavy atom. The molecule has 1 aliphatic rings. The highest BCUT2D eigenvalue weighted by atomic mass is 35.5. The average Bonchev–Trinajstić information content (AvgIpc) is 2.79. The van der Waals surface area contributed by atoms with Gasteiger partial charge in [-0.05, 0) is 43.2 Å². The molecule has 0 atom stereocenters. The lowest BCUT2D eigenvalue weighted by atomic mass is 9.71. The van der Waals surface area contributed by atoms with E-state index in [1.807, 2.05) is 0 Å². The Balaban J connectivity index is 1.98. The number of nitrogens with one attached hydrogen (secondary N) is 1. The Morgan fingerprint density at radius 1 is 1.30 bits per heavy atom. The highest BCUT2D eigenvalue weighted by Gasteiger charge is 2.37. The van der Waals surface area contributed by atoms with Gasteiger partial charge in [0.15, 0.2) is 0 Å². The number of halogens is 1. The van der Waals surface area contributed by atoms with Crippen LogP contribution in [0.1, 0.15) is 39.5 Å². The van der Waals surface area contributed by atoms with Crippen molar-refractivity contribution in [1.29, 1.82) is 0 Å². The Morgan fingerprint density at radius 3 is 2.40 bits per heavy atom. The van der Waals surface area contributed by atoms with E-state index in [4.69, 9.17) is 11.6 Å². The molecule has 114 valence electrons. The van der Waals surface area contributed by atoms with Crippen LogP contribution in [0.3, 0.4) is 0 Å². The van der Waals surface area contributed by atoms with Gasteiger partial charge in [-0.3, -0.25) is 0 Å². The first-order valence-electron chi connectivity index (χ1n) is 6.59. The van der Waals surface area contributed by atoms with E-state index in [1.165, 1.54) is 6.07 Å². The molecule has 0 amide bonds. The van der Waals surface area contributed by atoms with Crippen molar-refractivity contribution in [3.63, 3.8) is 0 Å². The van der Waals surface area contributed by atoms with Crippen LogP contribution in [-0.2, 0) is 10.0 Å². The maximum atomic E-state index is 12.1. The quantitative estimate of drug-likeness (QED) is 0.887. The van der Waals surface area contributed by atoms with E-state index in [-0.39, 0.29) is 16.2 Å². The molecule has 0 unspecified atom stereocenters. The summed E-state index contributed by atoms with van der Waals surface area (Å²) in [4.78, 5) is 0. The molecule has 4 nitrogen and oxygen atoms in total. The third kappa shape index (κ3) is 3.95. The molecule has 0 saturated heterocycles. The molecule has 1 aromatic rings. The van der Waals surface area contributed by atoms with E-state index in [1.54, 1.807) is 6.07 Å². The minimum absolute atomic E-state index is 0.0565. The zero-order chi connectivity index (χ0) is 15.0. The van der Waals surface area contributed by atoms with Gasteiger partial charge in [0.2, 0.25) is 10.0 Å². The van der Waals surface area contributed by atoms with Crippen LogP contribution in [0.4, 0.5) is 0 Å². The van der Waals surface area contributed by atoms with Crippen molar-refractivity contribution in [3.8, 4) is 0 Å². The molecule has 0 aliphatic heterocycles. The fourth-order valence-corrected chi connectivity index (χ4v) is 4.96. The van der Waals surface area contributed by atoms with Crippen LogP contribution in [0.15, 0.2) is 16.3 Å². The van der Waals surface area contributed by atoms with Crippen molar-refractivity contribution < 1.29 is 13.5 Å². The predicted molar refractivity (Wildman–Crippen MR) is 81.7 cm³/mol. The van der Waals surface area contributed by atoms with Crippen molar-refractivity contribution in [1.82, 2.24) is 4.72 Å². The molecule has 1 aliphatic carbocycles. The molecular weight excluding hydrogens is 318 g/mol. The van der Waals surface area contributed by atoms with Crippen molar-refractivity contribution >= 4 is 33.0 Å². The highest BCUT2D eigenvalue weighted by molar-refractivity contribution is 7.91. The molecule has 1 heterocycles. The van der Waals surface area contributed by atoms with E-state index >= 15 is 0 Å². The molecule has 0 spiro atoms. The first kappa shape index (κ1) is 16.2. The van der Waals surface area contributed by atoms with Gasteiger partial charge in [-0.25, -0.2) is 13.1 Å². The summed E-state index contributed by atoms with van der Waals surface area (Å²) in [7, 11) is -3.58. The molecule has 1 aromatic heterocycles. The zero-order valence-electron chi connectivity index (χ0n) is 11.6. The van der Waals surface area contributed by atoms with E-state index in [0.29, 0.717) is 17.2 Å². The maximum Gasteiger partial charge on any atom is 0.250 e. The van der Waals surface area contributed by atoms with Crippen molar-refractivity contribution in [2.45, 2.75) is 49.3 Å². The summed E-state index contributed by atoms with van der Waals surface area (Å²) in [6.07, 6.45) is 3.04. The summed E-state index contributed by atoms with van der Waals surface area (Å²) in [6, 6.07) is 3.03. The summed E-state index contributed by atoms with van der Waals surface area (Å²) in [5.41, 5.74) is -0.712. The largest absolute Gasteiger partial charge is 0.389 e. The van der Waals surface area contributed by atoms with E-state index in [0.717, 1.165) is 24.2 Å². The number of sulfonamides is 1. The minimum atomic E-state index is -3.58. The number of rotatable bonds is 4. The topological polar surface area (TPSA) is 66.4 Å². The van der Waals surface area contributed by atoms with Gasteiger partial charge in [0.25, 0.3) is 0 Å². The average molecular weight is 338 g/mol. The van der Waals surface area contributed by atoms with Gasteiger partial charge < -0.3 is 5.11 Å². The zero-order valence-corrected chi connectivity index (χ0v) is 14.0. The maximum absolute atomic E-state index is 12.1. The van der Waals surface area contributed by atoms with Gasteiger partial charge in [-0.15, -0.1) is 11.3 Å². The molecule has 1 fully saturated rings. The summed E-state index contributed by atoms with van der Waals surface area (Å²) < 4.78 is 27.3. The Labute approximate surface area is 129 Å². The van der Waals surface area contributed by atoms with Crippen LogP contribution in [0, 0.1) is 5.41 Å². The first-order valence-corrected chi connectivity index (χ1v) is 9.27. The smallest absolute Gasteiger partial charge is 0.250 e. The summed E-state index contributed by atoms with van der Waals surface area (Å²) in [5.74, 6) is 0. The van der Waals surface area contributed by atoms with Gasteiger partial charge in [-0.2, -0.15) is 0 Å². The SMILES string of the molecule is CC1(C)CCC(O)(CNS(=O)(=O)c2ccc(Cl)s2)CC1. The lowest BCUT2D eigenvalue weighted by Crippen LogP contribution is -2.46. The monoisotopic (exact) mass is 337 g/mol. The number of aliphatic hydroxyl groups is 1. The van der Waals surface area contributed by atoms with Gasteiger partial charge in [-0.1, -0.05) is 25.4 Å². The standard InChI is InChI=1S/C13H20ClNO3S2/c1-12(2)5-7-13(16,8-6-12)9-15-20(17,18)11-4-3-10(14)19-11/h3-4,15-16H,5-9H2,1-2H3. The first-order chi connectivity index (χ1) is 9.12. The van der Waals surface area contributed by atoms with Crippen molar-refractivity contribution in [2.75, 3.05) is 6.54 Å². The highest BCUT2D eigenvalue weighted by Crippen LogP contribution is 2.40. The van der Waals surface area contributed by atoms with Gasteiger partial charge in [0, 0.05) is 6.54 Å². The molecule has 2 rings (SSSR count). The second kappa shape index (κ2) is 5.57. The summed E-state index contributed by atoms with van der Waals surface area (Å²) in [6.45, 7) is 4.40. The normalized spacial score (nSPS) is 21.8. The summed E-state index contributed by atoms with van der Waals surface area (Å²) >= 11 is 6.76. The number of thiophene rings is 1. The van der Waals surface area contributed by atoms with Crippen molar-refractivity contribution in [2.24, 2.45) is 5.41 Å². The number of hydrogen-bond acceptors (Lipinski definition) is 4. The molecule has 7 heteroatoms. The molecule has 0 bridgehead atoms. The van der Waals surface area contributed by atoms with Gasteiger partial charge in [0.05, 0.1) is 9.94 Å². The third-order valence-corrected chi connectivity index (χ3v) is 7.06. The molecule has 20 heavy (non-hydrogen) atoms. The molecule has 0 radical (unpaired) electrons. The van der Waals surface area contributed by atoms with Crippen molar-refractivity contribution in [3.05, 3.63) is 16.5 Å². The van der Waals surface area contributed by atoms with Crippen LogP contribution in [0.5, 0.6) is 0 Å². The van der Waals surface area contributed by atoms with Crippen LogP contribution in [0.25, 0.3) is 0 Å². The minimum Gasteiger partial charge on any atom is -0.389 e. The van der Waals surface area contributed by atoms with E-state index in [2.05, 4.69) is 18.6 Å². The lowest BCUT2D eigenvalue weighted by Gasteiger charge is -2.40. The fraction of sp³-hybridized carbons (Fsp3) is 0.692. The third-order valence-electron chi connectivity index (χ3n) is 3.94. The Hall–Kier alpha value is -0.140. The van der Waals surface area contributed by atoms with Crippen LogP contribution >= 0.6 is 22.9 Å². The van der Waals surface area contributed by atoms with Crippen LogP contribution in [-0.4, -0.2) is 25.7 Å². The molecule has 0 aromatic carbocycles. The van der Waals surface area contributed by atoms with Crippen LogP contribution in [0.2, 0.25) is 4.34 Å². The second-order valence-electron chi connectivity index (χ2n) is 6.27. The Bertz CT molecular complexity index is 570. The predicted octanol–water partition coefficient (Wildman–Crippen LogP) is 3.01. The molecule has 1 saturated carbocycles.